The summed E-state index contributed by atoms with van der Waals surface area (Å²) in [7, 11) is 1.35. The number of benzene rings is 1. The van der Waals surface area contributed by atoms with Crippen LogP contribution in [0.1, 0.15) is 19.4 Å². The van der Waals surface area contributed by atoms with Crippen molar-refractivity contribution in [1.29, 1.82) is 5.26 Å². The molecule has 0 spiro atoms. The number of rotatable bonds is 4. The third-order valence-electron chi connectivity index (χ3n) is 2.54. The Morgan fingerprint density at radius 2 is 2.22 bits per heavy atom. The first-order chi connectivity index (χ1) is 8.49. The predicted molar refractivity (Wildman–Crippen MR) is 73.4 cm³/mol. The highest BCUT2D eigenvalue weighted by molar-refractivity contribution is 9.10. The van der Waals surface area contributed by atoms with Crippen molar-refractivity contribution in [3.8, 4) is 6.07 Å². The molecule has 18 heavy (non-hydrogen) atoms. The Morgan fingerprint density at radius 1 is 1.56 bits per heavy atom. The van der Waals surface area contributed by atoms with Crippen LogP contribution in [0.4, 0.5) is 5.69 Å². The molecule has 1 rings (SSSR count). The molecule has 4 nitrogen and oxygen atoms in total. The predicted octanol–water partition coefficient (Wildman–Crippen LogP) is 2.71. The van der Waals surface area contributed by atoms with Crippen molar-refractivity contribution in [2.45, 2.75) is 19.9 Å². The average Bonchev–Trinajstić information content (AvgIpc) is 2.35. The molecule has 0 bridgehead atoms. The Kier molecular flexibility index (Phi) is 5.17. The van der Waals surface area contributed by atoms with Crippen molar-refractivity contribution < 1.29 is 9.53 Å². The van der Waals surface area contributed by atoms with E-state index >= 15 is 0 Å². The molecule has 0 aliphatic carbocycles. The summed E-state index contributed by atoms with van der Waals surface area (Å²) in [6.07, 6.45) is 0. The quantitative estimate of drug-likeness (QED) is 0.802. The van der Waals surface area contributed by atoms with E-state index in [1.165, 1.54) is 7.11 Å². The van der Waals surface area contributed by atoms with E-state index < -0.39 is 0 Å². The number of esters is 1. The van der Waals surface area contributed by atoms with Crippen molar-refractivity contribution in [3.63, 3.8) is 0 Å². The average molecular weight is 311 g/mol. The van der Waals surface area contributed by atoms with Crippen LogP contribution in [0, 0.1) is 11.3 Å². The summed E-state index contributed by atoms with van der Waals surface area (Å²) in [5.41, 5.74) is 1.27. The summed E-state index contributed by atoms with van der Waals surface area (Å²) in [6.45, 7) is 4.05. The van der Waals surface area contributed by atoms with Crippen LogP contribution in [0.5, 0.6) is 0 Å². The van der Waals surface area contributed by atoms with Crippen LogP contribution in [0.2, 0.25) is 0 Å². The van der Waals surface area contributed by atoms with Crippen molar-refractivity contribution in [2.24, 2.45) is 0 Å². The lowest BCUT2D eigenvalue weighted by Gasteiger charge is -2.28. The molecule has 0 fully saturated rings. The van der Waals surface area contributed by atoms with Crippen LogP contribution in [0.25, 0.3) is 0 Å². The number of ether oxygens (including phenoxy) is 1. The summed E-state index contributed by atoms with van der Waals surface area (Å²) in [5.74, 6) is -0.326. The van der Waals surface area contributed by atoms with Gasteiger partial charge in [0.2, 0.25) is 0 Å². The molecule has 0 aliphatic rings. The molecule has 96 valence electrons. The van der Waals surface area contributed by atoms with Crippen molar-refractivity contribution >= 4 is 27.6 Å². The zero-order chi connectivity index (χ0) is 13.7. The number of carbonyl (C=O) groups excluding carboxylic acids is 1. The number of halogens is 1. The number of hydrogen-bond donors (Lipinski definition) is 0. The molecule has 0 heterocycles. The number of nitriles is 1. The SMILES string of the molecule is COC(=O)CN(c1cc(Br)ccc1C#N)C(C)C. The molecule has 5 heteroatoms. The number of hydrogen-bond acceptors (Lipinski definition) is 4. The maximum absolute atomic E-state index is 11.4. The van der Waals surface area contributed by atoms with Gasteiger partial charge in [0.1, 0.15) is 12.6 Å². The Balaban J connectivity index is 3.17. The summed E-state index contributed by atoms with van der Waals surface area (Å²) < 4.78 is 5.55. The lowest BCUT2D eigenvalue weighted by molar-refractivity contribution is -0.139. The van der Waals surface area contributed by atoms with E-state index in [2.05, 4.69) is 26.7 Å². The summed E-state index contributed by atoms with van der Waals surface area (Å²) in [5, 5.41) is 9.12. The number of carbonyl (C=O) groups is 1. The molecule has 0 aromatic heterocycles. The molecule has 1 aromatic rings. The standard InChI is InChI=1S/C13H15BrN2O2/c1-9(2)16(8-13(17)18-3)12-6-11(14)5-4-10(12)7-15/h4-6,9H,8H2,1-3H3. The highest BCUT2D eigenvalue weighted by Gasteiger charge is 2.18. The van der Waals surface area contributed by atoms with E-state index in [4.69, 9.17) is 5.26 Å². The van der Waals surface area contributed by atoms with Gasteiger partial charge in [-0.25, -0.2) is 0 Å². The minimum absolute atomic E-state index is 0.0884. The van der Waals surface area contributed by atoms with E-state index in [0.717, 1.165) is 10.2 Å². The van der Waals surface area contributed by atoms with Gasteiger partial charge in [-0.05, 0) is 32.0 Å². The van der Waals surface area contributed by atoms with E-state index in [1.54, 1.807) is 12.1 Å². The Hall–Kier alpha value is -1.54. The van der Waals surface area contributed by atoms with Gasteiger partial charge in [0.25, 0.3) is 0 Å². The first-order valence-corrected chi connectivity index (χ1v) is 6.32. The topological polar surface area (TPSA) is 53.3 Å². The summed E-state index contributed by atoms with van der Waals surface area (Å²) >= 11 is 3.37. The van der Waals surface area contributed by atoms with Crippen LogP contribution in [-0.4, -0.2) is 25.7 Å². The fourth-order valence-corrected chi connectivity index (χ4v) is 1.94. The monoisotopic (exact) mass is 310 g/mol. The fourth-order valence-electron chi connectivity index (χ4n) is 1.59. The van der Waals surface area contributed by atoms with E-state index in [1.807, 2.05) is 24.8 Å². The van der Waals surface area contributed by atoms with E-state index in [-0.39, 0.29) is 18.6 Å². The second kappa shape index (κ2) is 6.41. The minimum Gasteiger partial charge on any atom is -0.468 e. The van der Waals surface area contributed by atoms with Crippen LogP contribution < -0.4 is 4.90 Å². The molecule has 1 aromatic carbocycles. The number of methoxy groups -OCH3 is 1. The third kappa shape index (κ3) is 3.47. The molecule has 0 aliphatic heterocycles. The minimum atomic E-state index is -0.326. The first kappa shape index (κ1) is 14.5. The molecule has 0 saturated heterocycles. The Bertz CT molecular complexity index is 480. The van der Waals surface area contributed by atoms with E-state index in [9.17, 15) is 4.79 Å². The van der Waals surface area contributed by atoms with Gasteiger partial charge in [-0.1, -0.05) is 15.9 Å². The van der Waals surface area contributed by atoms with Crippen LogP contribution in [0.15, 0.2) is 22.7 Å². The van der Waals surface area contributed by atoms with Gasteiger partial charge in [-0.2, -0.15) is 5.26 Å². The zero-order valence-electron chi connectivity index (χ0n) is 10.6. The molecule has 0 atom stereocenters. The Morgan fingerprint density at radius 3 is 2.72 bits per heavy atom. The van der Waals surface area contributed by atoms with Gasteiger partial charge in [-0.15, -0.1) is 0 Å². The second-order valence-corrected chi connectivity index (χ2v) is 4.99. The van der Waals surface area contributed by atoms with Crippen molar-refractivity contribution in [1.82, 2.24) is 0 Å². The van der Waals surface area contributed by atoms with Crippen LogP contribution in [0.3, 0.4) is 0 Å². The highest BCUT2D eigenvalue weighted by Crippen LogP contribution is 2.26. The molecule has 0 saturated carbocycles. The molecule has 0 unspecified atom stereocenters. The van der Waals surface area contributed by atoms with Crippen molar-refractivity contribution in [3.05, 3.63) is 28.2 Å². The summed E-state index contributed by atoms with van der Waals surface area (Å²) in [6, 6.07) is 7.59. The smallest absolute Gasteiger partial charge is 0.325 e. The highest BCUT2D eigenvalue weighted by atomic mass is 79.9. The molecule has 0 radical (unpaired) electrons. The van der Waals surface area contributed by atoms with E-state index in [0.29, 0.717) is 5.56 Å². The van der Waals surface area contributed by atoms with Crippen molar-refractivity contribution in [2.75, 3.05) is 18.6 Å². The first-order valence-electron chi connectivity index (χ1n) is 5.52. The van der Waals surface area contributed by atoms with Gasteiger partial charge >= 0.3 is 5.97 Å². The fraction of sp³-hybridized carbons (Fsp3) is 0.385. The lowest BCUT2D eigenvalue weighted by atomic mass is 10.1. The van der Waals surface area contributed by atoms with Gasteiger partial charge < -0.3 is 9.64 Å². The lowest BCUT2D eigenvalue weighted by Crippen LogP contribution is -2.36. The largest absolute Gasteiger partial charge is 0.468 e. The van der Waals surface area contributed by atoms with Crippen LogP contribution in [-0.2, 0) is 9.53 Å². The second-order valence-electron chi connectivity index (χ2n) is 4.07. The maximum atomic E-state index is 11.4. The Labute approximate surface area is 115 Å². The maximum Gasteiger partial charge on any atom is 0.325 e. The summed E-state index contributed by atoms with van der Waals surface area (Å²) in [4.78, 5) is 13.3. The van der Waals surface area contributed by atoms with Gasteiger partial charge in [-0.3, -0.25) is 4.79 Å². The van der Waals surface area contributed by atoms with Gasteiger partial charge in [0, 0.05) is 10.5 Å². The van der Waals surface area contributed by atoms with Gasteiger partial charge in [0.05, 0.1) is 18.4 Å². The third-order valence-corrected chi connectivity index (χ3v) is 3.03. The molecule has 0 N–H and O–H groups in total. The molecular formula is C13H15BrN2O2. The zero-order valence-corrected chi connectivity index (χ0v) is 12.2. The van der Waals surface area contributed by atoms with Crippen LogP contribution >= 0.6 is 15.9 Å². The molecular weight excluding hydrogens is 296 g/mol. The van der Waals surface area contributed by atoms with Gasteiger partial charge in [0.15, 0.2) is 0 Å². The number of anilines is 1. The number of nitrogens with zero attached hydrogens (tertiary/aromatic N) is 2. The normalized spacial score (nSPS) is 10.0. The molecule has 0 amide bonds.